The van der Waals surface area contributed by atoms with Crippen molar-refractivity contribution in [2.45, 2.75) is 38.5 Å². The van der Waals surface area contributed by atoms with Crippen LogP contribution in [0.25, 0.3) is 5.65 Å². The second kappa shape index (κ2) is 4.12. The average molecular weight is 244 g/mol. The van der Waals surface area contributed by atoms with E-state index in [1.54, 1.807) is 10.6 Å². The summed E-state index contributed by atoms with van der Waals surface area (Å²) in [6.45, 7) is 1.96. The largest absolute Gasteiger partial charge is 0.477 e. The van der Waals surface area contributed by atoms with Crippen molar-refractivity contribution in [2.75, 3.05) is 0 Å². The summed E-state index contributed by atoms with van der Waals surface area (Å²) >= 11 is 0. The first-order chi connectivity index (χ1) is 8.68. The molecule has 0 aliphatic heterocycles. The van der Waals surface area contributed by atoms with Crippen LogP contribution < -0.4 is 0 Å². The molecule has 0 radical (unpaired) electrons. The molecule has 0 amide bonds. The van der Waals surface area contributed by atoms with E-state index in [1.807, 2.05) is 19.1 Å². The first kappa shape index (κ1) is 11.3. The molecule has 2 aromatic rings. The smallest absolute Gasteiger partial charge is 0.354 e. The Balaban J connectivity index is 2.26. The van der Waals surface area contributed by atoms with E-state index in [0.29, 0.717) is 11.6 Å². The number of hydrogen-bond acceptors (Lipinski definition) is 2. The van der Waals surface area contributed by atoms with Gasteiger partial charge in [0.2, 0.25) is 0 Å². The van der Waals surface area contributed by atoms with E-state index in [9.17, 15) is 9.90 Å². The highest BCUT2D eigenvalue weighted by Gasteiger charge is 2.27. The van der Waals surface area contributed by atoms with Gasteiger partial charge in [-0.1, -0.05) is 18.9 Å². The Labute approximate surface area is 105 Å². The number of pyridine rings is 1. The van der Waals surface area contributed by atoms with E-state index in [-0.39, 0.29) is 0 Å². The molecular formula is C14H16N2O2. The van der Waals surface area contributed by atoms with Crippen LogP contribution in [0.5, 0.6) is 0 Å². The lowest BCUT2D eigenvalue weighted by atomic mass is 10.0. The van der Waals surface area contributed by atoms with Crippen molar-refractivity contribution in [2.24, 2.45) is 0 Å². The fourth-order valence-corrected chi connectivity index (χ4v) is 2.92. The van der Waals surface area contributed by atoms with E-state index < -0.39 is 5.97 Å². The highest BCUT2D eigenvalue weighted by molar-refractivity contribution is 5.88. The Morgan fingerprint density at radius 3 is 2.83 bits per heavy atom. The summed E-state index contributed by atoms with van der Waals surface area (Å²) in [4.78, 5) is 16.1. The number of carboxylic acids is 1. The maximum atomic E-state index is 11.5. The van der Waals surface area contributed by atoms with Crippen molar-refractivity contribution in [3.63, 3.8) is 0 Å². The zero-order chi connectivity index (χ0) is 12.7. The predicted molar refractivity (Wildman–Crippen MR) is 68.1 cm³/mol. The molecule has 2 heterocycles. The van der Waals surface area contributed by atoms with Crippen LogP contribution in [0, 0.1) is 6.92 Å². The summed E-state index contributed by atoms with van der Waals surface area (Å²) < 4.78 is 1.71. The van der Waals surface area contributed by atoms with Crippen molar-refractivity contribution in [1.82, 2.24) is 9.38 Å². The number of aryl methyl sites for hydroxylation is 1. The molecular weight excluding hydrogens is 228 g/mol. The van der Waals surface area contributed by atoms with Gasteiger partial charge >= 0.3 is 5.97 Å². The van der Waals surface area contributed by atoms with E-state index in [0.717, 1.165) is 29.7 Å². The van der Waals surface area contributed by atoms with Crippen LogP contribution in [0.15, 0.2) is 18.3 Å². The van der Waals surface area contributed by atoms with Crippen LogP contribution in [0.1, 0.15) is 53.3 Å². The Bertz CT molecular complexity index is 610. The van der Waals surface area contributed by atoms with Crippen molar-refractivity contribution in [1.29, 1.82) is 0 Å². The lowest BCUT2D eigenvalue weighted by Gasteiger charge is -2.06. The van der Waals surface area contributed by atoms with Crippen LogP contribution in [0.2, 0.25) is 0 Å². The van der Waals surface area contributed by atoms with Gasteiger partial charge in [0.15, 0.2) is 5.69 Å². The molecule has 3 rings (SSSR count). The fraction of sp³-hybridized carbons (Fsp3) is 0.429. The molecule has 0 bridgehead atoms. The minimum absolute atomic E-state index is 0.315. The summed E-state index contributed by atoms with van der Waals surface area (Å²) in [6, 6.07) is 3.83. The molecule has 94 valence electrons. The number of hydrogen-bond donors (Lipinski definition) is 1. The maximum Gasteiger partial charge on any atom is 0.354 e. The second-order valence-electron chi connectivity index (χ2n) is 5.02. The summed E-state index contributed by atoms with van der Waals surface area (Å²) in [5, 5.41) is 9.44. The summed E-state index contributed by atoms with van der Waals surface area (Å²) in [5.74, 6) is -0.564. The summed E-state index contributed by atoms with van der Waals surface area (Å²) in [6.07, 6.45) is 6.26. The van der Waals surface area contributed by atoms with Gasteiger partial charge in [0.1, 0.15) is 5.65 Å². The van der Waals surface area contributed by atoms with Crippen LogP contribution in [-0.2, 0) is 0 Å². The fourth-order valence-electron chi connectivity index (χ4n) is 2.92. The number of nitrogens with zero attached hydrogens (tertiary/aromatic N) is 2. The number of carbonyl (C=O) groups is 1. The first-order valence-corrected chi connectivity index (χ1v) is 6.39. The molecule has 1 saturated carbocycles. The maximum absolute atomic E-state index is 11.5. The van der Waals surface area contributed by atoms with E-state index in [2.05, 4.69) is 4.98 Å². The summed E-state index contributed by atoms with van der Waals surface area (Å²) in [7, 11) is 0. The highest BCUT2D eigenvalue weighted by atomic mass is 16.4. The normalized spacial score (nSPS) is 16.5. The third kappa shape index (κ3) is 1.60. The summed E-state index contributed by atoms with van der Waals surface area (Å²) in [5.41, 5.74) is 2.91. The van der Waals surface area contributed by atoms with E-state index in [1.165, 1.54) is 12.8 Å². The van der Waals surface area contributed by atoms with E-state index in [4.69, 9.17) is 0 Å². The molecule has 1 fully saturated rings. The third-order valence-corrected chi connectivity index (χ3v) is 3.82. The quantitative estimate of drug-likeness (QED) is 0.883. The third-order valence-electron chi connectivity index (χ3n) is 3.82. The zero-order valence-corrected chi connectivity index (χ0v) is 10.4. The molecule has 1 aliphatic carbocycles. The molecule has 2 aromatic heterocycles. The van der Waals surface area contributed by atoms with Crippen molar-refractivity contribution >= 4 is 11.6 Å². The number of imidazole rings is 1. The molecule has 0 unspecified atom stereocenters. The Morgan fingerprint density at radius 2 is 2.17 bits per heavy atom. The van der Waals surface area contributed by atoms with Crippen LogP contribution in [0.3, 0.4) is 0 Å². The number of aromatic carboxylic acids is 1. The highest BCUT2D eigenvalue weighted by Crippen LogP contribution is 2.35. The SMILES string of the molecule is Cc1cccn2c(C(=O)O)c(C3CCCC3)nc12. The van der Waals surface area contributed by atoms with Crippen LogP contribution in [0.4, 0.5) is 0 Å². The molecule has 4 nitrogen and oxygen atoms in total. The van der Waals surface area contributed by atoms with Gasteiger partial charge in [0.25, 0.3) is 0 Å². The number of rotatable bonds is 2. The van der Waals surface area contributed by atoms with Gasteiger partial charge in [-0.25, -0.2) is 9.78 Å². The lowest BCUT2D eigenvalue weighted by molar-refractivity contribution is 0.0687. The molecule has 0 atom stereocenters. The first-order valence-electron chi connectivity index (χ1n) is 6.39. The monoisotopic (exact) mass is 244 g/mol. The van der Waals surface area contributed by atoms with Crippen LogP contribution in [-0.4, -0.2) is 20.5 Å². The number of fused-ring (bicyclic) bond motifs is 1. The minimum atomic E-state index is -0.880. The number of aromatic nitrogens is 2. The lowest BCUT2D eigenvalue weighted by Crippen LogP contribution is -2.07. The van der Waals surface area contributed by atoms with Gasteiger partial charge in [-0.15, -0.1) is 0 Å². The van der Waals surface area contributed by atoms with E-state index >= 15 is 0 Å². The molecule has 0 saturated heterocycles. The van der Waals surface area contributed by atoms with Gasteiger partial charge in [0.05, 0.1) is 5.69 Å². The minimum Gasteiger partial charge on any atom is -0.477 e. The number of carboxylic acid groups (broad SMARTS) is 1. The van der Waals surface area contributed by atoms with Gasteiger partial charge in [0, 0.05) is 12.1 Å². The van der Waals surface area contributed by atoms with Gasteiger partial charge in [-0.3, -0.25) is 4.40 Å². The molecule has 1 aliphatic rings. The van der Waals surface area contributed by atoms with Gasteiger partial charge < -0.3 is 5.11 Å². The standard InChI is InChI=1S/C14H16N2O2/c1-9-5-4-8-16-12(14(17)18)11(15-13(9)16)10-6-2-3-7-10/h4-5,8,10H,2-3,6-7H2,1H3,(H,17,18). The Kier molecular flexibility index (Phi) is 2.58. The van der Waals surface area contributed by atoms with Gasteiger partial charge in [-0.2, -0.15) is 0 Å². The molecule has 0 aromatic carbocycles. The predicted octanol–water partition coefficient (Wildman–Crippen LogP) is 3.00. The topological polar surface area (TPSA) is 54.6 Å². The molecule has 1 N–H and O–H groups in total. The molecule has 18 heavy (non-hydrogen) atoms. The Morgan fingerprint density at radius 1 is 1.44 bits per heavy atom. The van der Waals surface area contributed by atoms with Crippen molar-refractivity contribution in [3.8, 4) is 0 Å². The average Bonchev–Trinajstić information content (AvgIpc) is 2.95. The Hall–Kier alpha value is -1.84. The second-order valence-corrected chi connectivity index (χ2v) is 5.02. The molecule has 0 spiro atoms. The van der Waals surface area contributed by atoms with Gasteiger partial charge in [-0.05, 0) is 31.4 Å². The zero-order valence-electron chi connectivity index (χ0n) is 10.4. The van der Waals surface area contributed by atoms with Crippen LogP contribution >= 0.6 is 0 Å². The van der Waals surface area contributed by atoms with Crippen molar-refractivity contribution < 1.29 is 9.90 Å². The molecule has 4 heteroatoms. The van der Waals surface area contributed by atoms with Crippen molar-refractivity contribution in [3.05, 3.63) is 35.3 Å².